The third-order valence-electron chi connectivity index (χ3n) is 10.9. The summed E-state index contributed by atoms with van der Waals surface area (Å²) in [5.41, 5.74) is 3.26. The quantitative estimate of drug-likeness (QED) is 0.332. The lowest BCUT2D eigenvalue weighted by molar-refractivity contribution is -0.153. The number of hydrogen-bond acceptors (Lipinski definition) is 3. The molecule has 172 valence electrons. The van der Waals surface area contributed by atoms with Crippen LogP contribution in [0.25, 0.3) is 0 Å². The number of hydrogen-bond donors (Lipinski definition) is 2. The van der Waals surface area contributed by atoms with Gasteiger partial charge in [0.2, 0.25) is 6.41 Å². The van der Waals surface area contributed by atoms with Crippen LogP contribution in [-0.2, 0) is 9.63 Å². The third-order valence-corrected chi connectivity index (χ3v) is 10.9. The molecule has 0 bridgehead atoms. The fourth-order valence-electron chi connectivity index (χ4n) is 9.45. The van der Waals surface area contributed by atoms with Gasteiger partial charge in [-0.25, -0.2) is 5.48 Å². The van der Waals surface area contributed by atoms with Gasteiger partial charge in [-0.2, -0.15) is 0 Å². The van der Waals surface area contributed by atoms with Crippen molar-refractivity contribution < 1.29 is 14.7 Å². The topological polar surface area (TPSA) is 58.6 Å². The molecule has 0 saturated heterocycles. The van der Waals surface area contributed by atoms with Gasteiger partial charge in [0.15, 0.2) is 0 Å². The number of carbonyl (C=O) groups excluding carboxylic acids is 1. The van der Waals surface area contributed by atoms with Gasteiger partial charge in [0.05, 0.1) is 12.7 Å². The molecule has 4 heteroatoms. The average molecular weight is 420 g/mol. The Kier molecular flexibility index (Phi) is 6.57. The zero-order valence-corrected chi connectivity index (χ0v) is 19.7. The molecule has 1 amide bonds. The van der Waals surface area contributed by atoms with E-state index in [9.17, 15) is 9.90 Å². The molecule has 4 fully saturated rings. The standard InChI is InChI=1S/C26H45NO3/c1-5-18-14-20-22-7-6-21(17(2)10-13-30-27-16-28)25(22,3)12-9-23(20)26(4)11-8-19(29)15-24(18)26/h16-24,29H,5-15H2,1-4H3,(H,27,28)/t17-,18+,19-,20?,21?,22?,23?,24?,25?,26?/m1/s1. The Balaban J connectivity index is 1.51. The Hall–Kier alpha value is -0.610. The predicted octanol–water partition coefficient (Wildman–Crippen LogP) is 5.35. The predicted molar refractivity (Wildman–Crippen MR) is 119 cm³/mol. The number of nitrogens with one attached hydrogen (secondary N) is 1. The molecule has 0 aliphatic heterocycles. The summed E-state index contributed by atoms with van der Waals surface area (Å²) in [7, 11) is 0. The van der Waals surface area contributed by atoms with Crippen LogP contribution in [0.3, 0.4) is 0 Å². The van der Waals surface area contributed by atoms with E-state index in [0.29, 0.717) is 29.8 Å². The van der Waals surface area contributed by atoms with Crippen molar-refractivity contribution in [2.24, 2.45) is 52.3 Å². The van der Waals surface area contributed by atoms with Crippen LogP contribution in [0.2, 0.25) is 0 Å². The number of rotatable bonds is 7. The average Bonchev–Trinajstić information content (AvgIpc) is 3.08. The first-order valence-electron chi connectivity index (χ1n) is 12.8. The summed E-state index contributed by atoms with van der Waals surface area (Å²) in [5, 5.41) is 10.4. The van der Waals surface area contributed by atoms with Crippen LogP contribution in [0, 0.1) is 52.3 Å². The van der Waals surface area contributed by atoms with E-state index in [-0.39, 0.29) is 6.10 Å². The largest absolute Gasteiger partial charge is 0.393 e. The molecule has 0 aromatic carbocycles. The Bertz CT molecular complexity index is 611. The molecule has 4 saturated carbocycles. The molecule has 10 atom stereocenters. The molecule has 0 spiro atoms. The van der Waals surface area contributed by atoms with E-state index in [4.69, 9.17) is 4.84 Å². The van der Waals surface area contributed by atoms with Gasteiger partial charge in [0.25, 0.3) is 0 Å². The molecule has 4 nitrogen and oxygen atoms in total. The maximum Gasteiger partial charge on any atom is 0.230 e. The van der Waals surface area contributed by atoms with Gasteiger partial charge >= 0.3 is 0 Å². The fraction of sp³-hybridized carbons (Fsp3) is 0.962. The highest BCUT2D eigenvalue weighted by Gasteiger charge is 2.62. The molecule has 0 aromatic heterocycles. The molecular formula is C26H45NO3. The molecule has 2 N–H and O–H groups in total. The summed E-state index contributed by atoms with van der Waals surface area (Å²) in [4.78, 5) is 15.7. The van der Waals surface area contributed by atoms with Crippen molar-refractivity contribution in [2.75, 3.05) is 6.61 Å². The van der Waals surface area contributed by atoms with Crippen molar-refractivity contribution >= 4 is 6.41 Å². The third kappa shape index (κ3) is 3.64. The number of aliphatic hydroxyl groups is 1. The van der Waals surface area contributed by atoms with Crippen LogP contribution in [0.5, 0.6) is 0 Å². The SMILES string of the molecule is CC[C@H]1CC2C(CCC3(C)C2CCC3[C@H](C)CCONC=O)C2(C)CC[C@@H](O)CC12. The second kappa shape index (κ2) is 8.73. The zero-order valence-electron chi connectivity index (χ0n) is 19.7. The Morgan fingerprint density at radius 3 is 2.53 bits per heavy atom. The summed E-state index contributed by atoms with van der Waals surface area (Å²) >= 11 is 0. The van der Waals surface area contributed by atoms with Crippen molar-refractivity contribution in [1.29, 1.82) is 0 Å². The fourth-order valence-corrected chi connectivity index (χ4v) is 9.45. The van der Waals surface area contributed by atoms with Crippen LogP contribution in [-0.4, -0.2) is 24.2 Å². The first-order chi connectivity index (χ1) is 14.3. The maximum absolute atomic E-state index is 10.4. The smallest absolute Gasteiger partial charge is 0.230 e. The monoisotopic (exact) mass is 419 g/mol. The van der Waals surface area contributed by atoms with E-state index in [1.165, 1.54) is 44.9 Å². The van der Waals surface area contributed by atoms with Crippen molar-refractivity contribution in [3.63, 3.8) is 0 Å². The number of hydroxylamine groups is 1. The molecule has 7 unspecified atom stereocenters. The Morgan fingerprint density at radius 1 is 1.07 bits per heavy atom. The minimum absolute atomic E-state index is 0.0600. The molecule has 4 aliphatic carbocycles. The first kappa shape index (κ1) is 22.6. The van der Waals surface area contributed by atoms with Gasteiger partial charge in [0, 0.05) is 0 Å². The van der Waals surface area contributed by atoms with E-state index in [0.717, 1.165) is 54.8 Å². The van der Waals surface area contributed by atoms with Gasteiger partial charge in [0.1, 0.15) is 0 Å². The highest BCUT2D eigenvalue weighted by molar-refractivity contribution is 5.43. The van der Waals surface area contributed by atoms with Gasteiger partial charge < -0.3 is 5.11 Å². The molecule has 0 aromatic rings. The van der Waals surface area contributed by atoms with E-state index >= 15 is 0 Å². The Labute approximate surface area is 183 Å². The van der Waals surface area contributed by atoms with Crippen LogP contribution in [0.4, 0.5) is 0 Å². The molecule has 4 aliphatic rings. The van der Waals surface area contributed by atoms with Crippen molar-refractivity contribution in [3.8, 4) is 0 Å². The van der Waals surface area contributed by atoms with E-state index < -0.39 is 0 Å². The van der Waals surface area contributed by atoms with E-state index in [1.54, 1.807) is 0 Å². The van der Waals surface area contributed by atoms with Gasteiger partial charge in [-0.15, -0.1) is 0 Å². The minimum Gasteiger partial charge on any atom is -0.393 e. The summed E-state index contributed by atoms with van der Waals surface area (Å²) in [6.07, 6.45) is 13.1. The molecule has 0 radical (unpaired) electrons. The molecular weight excluding hydrogens is 374 g/mol. The minimum atomic E-state index is -0.0600. The second-order valence-electron chi connectivity index (χ2n) is 11.9. The highest BCUT2D eigenvalue weighted by atomic mass is 16.6. The van der Waals surface area contributed by atoms with Gasteiger partial charge in [-0.05, 0) is 110 Å². The summed E-state index contributed by atoms with van der Waals surface area (Å²) in [6, 6.07) is 0. The van der Waals surface area contributed by atoms with Gasteiger partial charge in [-0.3, -0.25) is 9.63 Å². The summed E-state index contributed by atoms with van der Waals surface area (Å²) in [5.74, 6) is 5.57. The molecule has 4 rings (SSSR count). The van der Waals surface area contributed by atoms with E-state index in [2.05, 4.69) is 33.2 Å². The summed E-state index contributed by atoms with van der Waals surface area (Å²) in [6.45, 7) is 10.6. The number of carbonyl (C=O) groups is 1. The van der Waals surface area contributed by atoms with Gasteiger partial charge in [-0.1, -0.05) is 34.1 Å². The van der Waals surface area contributed by atoms with Crippen LogP contribution >= 0.6 is 0 Å². The lowest BCUT2D eigenvalue weighted by atomic mass is 9.42. The van der Waals surface area contributed by atoms with Crippen LogP contribution in [0.1, 0.15) is 91.9 Å². The molecule has 0 heterocycles. The van der Waals surface area contributed by atoms with Crippen LogP contribution in [0.15, 0.2) is 0 Å². The molecule has 30 heavy (non-hydrogen) atoms. The summed E-state index contributed by atoms with van der Waals surface area (Å²) < 4.78 is 0. The zero-order chi connectivity index (χ0) is 21.5. The highest BCUT2D eigenvalue weighted by Crippen LogP contribution is 2.69. The number of aliphatic hydroxyl groups excluding tert-OH is 1. The normalized spacial score (nSPS) is 48.9. The van der Waals surface area contributed by atoms with Crippen molar-refractivity contribution in [2.45, 2.75) is 98.0 Å². The lowest BCUT2D eigenvalue weighted by Gasteiger charge is -2.63. The van der Waals surface area contributed by atoms with Crippen molar-refractivity contribution in [1.82, 2.24) is 5.48 Å². The lowest BCUT2D eigenvalue weighted by Crippen LogP contribution is -2.56. The number of fused-ring (bicyclic) bond motifs is 5. The number of amides is 1. The van der Waals surface area contributed by atoms with Crippen molar-refractivity contribution in [3.05, 3.63) is 0 Å². The maximum atomic E-state index is 10.4. The Morgan fingerprint density at radius 2 is 1.80 bits per heavy atom. The second-order valence-corrected chi connectivity index (χ2v) is 11.9. The van der Waals surface area contributed by atoms with E-state index in [1.807, 2.05) is 0 Å². The van der Waals surface area contributed by atoms with Crippen LogP contribution < -0.4 is 5.48 Å². The first-order valence-corrected chi connectivity index (χ1v) is 12.8.